The highest BCUT2D eigenvalue weighted by atomic mass is 79.9. The highest BCUT2D eigenvalue weighted by molar-refractivity contribution is 9.10. The summed E-state index contributed by atoms with van der Waals surface area (Å²) in [6.07, 6.45) is 0. The molecule has 2 rings (SSSR count). The summed E-state index contributed by atoms with van der Waals surface area (Å²) in [4.78, 5) is 12.2. The average molecular weight is 353 g/mol. The fourth-order valence-electron chi connectivity index (χ4n) is 1.73. The van der Waals surface area contributed by atoms with Gasteiger partial charge in [-0.05, 0) is 42.8 Å². The maximum Gasteiger partial charge on any atom is 0.269 e. The van der Waals surface area contributed by atoms with Crippen molar-refractivity contribution in [2.24, 2.45) is 5.73 Å². The van der Waals surface area contributed by atoms with Gasteiger partial charge in [0.25, 0.3) is 5.69 Å². The summed E-state index contributed by atoms with van der Waals surface area (Å²) in [6.45, 7) is 1.93. The van der Waals surface area contributed by atoms with E-state index in [1.54, 1.807) is 23.9 Å². The number of hydrogen-bond acceptors (Lipinski definition) is 4. The Bertz CT molecular complexity index is 630. The number of rotatable bonds is 4. The zero-order valence-corrected chi connectivity index (χ0v) is 13.1. The summed E-state index contributed by atoms with van der Waals surface area (Å²) in [7, 11) is 0. The molecule has 0 aromatic heterocycles. The van der Waals surface area contributed by atoms with E-state index in [0.717, 1.165) is 19.8 Å². The van der Waals surface area contributed by atoms with Crippen LogP contribution in [0.5, 0.6) is 0 Å². The largest absolute Gasteiger partial charge is 0.324 e. The maximum atomic E-state index is 10.6. The van der Waals surface area contributed by atoms with E-state index in [4.69, 9.17) is 5.73 Å². The Kier molecular flexibility index (Phi) is 4.80. The third kappa shape index (κ3) is 3.59. The van der Waals surface area contributed by atoms with Gasteiger partial charge in [0.15, 0.2) is 0 Å². The van der Waals surface area contributed by atoms with Crippen molar-refractivity contribution in [1.29, 1.82) is 0 Å². The van der Waals surface area contributed by atoms with Gasteiger partial charge >= 0.3 is 0 Å². The van der Waals surface area contributed by atoms with Crippen LogP contribution < -0.4 is 5.73 Å². The number of non-ortho nitro benzene ring substituents is 1. The van der Waals surface area contributed by atoms with E-state index in [2.05, 4.69) is 15.9 Å². The van der Waals surface area contributed by atoms with Crippen LogP contribution in [0.15, 0.2) is 56.7 Å². The Labute approximate surface area is 129 Å². The number of halogens is 1. The zero-order valence-electron chi connectivity index (χ0n) is 10.7. The lowest BCUT2D eigenvalue weighted by atomic mass is 10.1. The predicted molar refractivity (Wildman–Crippen MR) is 84.0 cm³/mol. The van der Waals surface area contributed by atoms with Crippen LogP contribution in [0, 0.1) is 10.1 Å². The molecule has 0 aliphatic carbocycles. The van der Waals surface area contributed by atoms with Crippen molar-refractivity contribution in [3.05, 3.63) is 62.6 Å². The molecule has 0 bridgehead atoms. The van der Waals surface area contributed by atoms with Crippen LogP contribution in [0.3, 0.4) is 0 Å². The standard InChI is InChI=1S/C14H13BrN2O2S/c1-9(16)13-8-10(15)2-7-14(13)20-12-5-3-11(4-6-12)17(18)19/h2-9H,16H2,1H3. The summed E-state index contributed by atoms with van der Waals surface area (Å²) >= 11 is 4.98. The van der Waals surface area contributed by atoms with E-state index < -0.39 is 4.92 Å². The van der Waals surface area contributed by atoms with Gasteiger partial charge in [0.1, 0.15) is 0 Å². The number of nitro groups is 1. The van der Waals surface area contributed by atoms with Crippen molar-refractivity contribution in [2.45, 2.75) is 22.8 Å². The van der Waals surface area contributed by atoms with E-state index in [1.165, 1.54) is 12.1 Å². The van der Waals surface area contributed by atoms with Gasteiger partial charge in [0.05, 0.1) is 4.92 Å². The molecule has 1 atom stereocenters. The molecule has 0 spiro atoms. The lowest BCUT2D eigenvalue weighted by Gasteiger charge is -2.12. The molecule has 0 radical (unpaired) electrons. The first-order chi connectivity index (χ1) is 9.47. The number of hydrogen-bond donors (Lipinski definition) is 1. The third-order valence-corrected chi connectivity index (χ3v) is 4.33. The minimum absolute atomic E-state index is 0.0759. The van der Waals surface area contributed by atoms with Crippen molar-refractivity contribution in [2.75, 3.05) is 0 Å². The number of benzene rings is 2. The van der Waals surface area contributed by atoms with Gasteiger partial charge in [0, 0.05) is 32.4 Å². The van der Waals surface area contributed by atoms with Crippen LogP contribution in [0.1, 0.15) is 18.5 Å². The molecule has 0 amide bonds. The number of nitro benzene ring substituents is 1. The molecule has 2 aromatic rings. The minimum atomic E-state index is -0.401. The average Bonchev–Trinajstić information content (AvgIpc) is 2.41. The Hall–Kier alpha value is -1.37. The van der Waals surface area contributed by atoms with Gasteiger partial charge in [-0.2, -0.15) is 0 Å². The summed E-state index contributed by atoms with van der Waals surface area (Å²) in [5.74, 6) is 0. The fraction of sp³-hybridized carbons (Fsp3) is 0.143. The number of nitrogens with two attached hydrogens (primary N) is 1. The lowest BCUT2D eigenvalue weighted by molar-refractivity contribution is -0.384. The first-order valence-electron chi connectivity index (χ1n) is 5.94. The Morgan fingerprint density at radius 1 is 1.25 bits per heavy atom. The van der Waals surface area contributed by atoms with Gasteiger partial charge in [0.2, 0.25) is 0 Å². The van der Waals surface area contributed by atoms with Crippen LogP contribution in [-0.4, -0.2) is 4.92 Å². The molecule has 2 N–H and O–H groups in total. The van der Waals surface area contributed by atoms with Gasteiger partial charge in [-0.25, -0.2) is 0 Å². The molecule has 104 valence electrons. The van der Waals surface area contributed by atoms with Crippen molar-refractivity contribution < 1.29 is 4.92 Å². The van der Waals surface area contributed by atoms with E-state index in [9.17, 15) is 10.1 Å². The van der Waals surface area contributed by atoms with E-state index >= 15 is 0 Å². The van der Waals surface area contributed by atoms with Crippen LogP contribution >= 0.6 is 27.7 Å². The molecule has 0 saturated carbocycles. The Morgan fingerprint density at radius 3 is 2.45 bits per heavy atom. The van der Waals surface area contributed by atoms with Crippen molar-refractivity contribution in [3.63, 3.8) is 0 Å². The van der Waals surface area contributed by atoms with Crippen LogP contribution in [0.25, 0.3) is 0 Å². The molecule has 4 nitrogen and oxygen atoms in total. The molecule has 2 aromatic carbocycles. The van der Waals surface area contributed by atoms with Crippen LogP contribution in [-0.2, 0) is 0 Å². The van der Waals surface area contributed by atoms with E-state index in [-0.39, 0.29) is 11.7 Å². The van der Waals surface area contributed by atoms with Crippen molar-refractivity contribution in [1.82, 2.24) is 0 Å². The molecule has 0 saturated heterocycles. The Morgan fingerprint density at radius 2 is 1.90 bits per heavy atom. The van der Waals surface area contributed by atoms with Crippen LogP contribution in [0.2, 0.25) is 0 Å². The second kappa shape index (κ2) is 6.39. The maximum absolute atomic E-state index is 10.6. The van der Waals surface area contributed by atoms with Crippen molar-refractivity contribution in [3.8, 4) is 0 Å². The minimum Gasteiger partial charge on any atom is -0.324 e. The zero-order chi connectivity index (χ0) is 14.7. The highest BCUT2D eigenvalue weighted by Gasteiger charge is 2.10. The van der Waals surface area contributed by atoms with Crippen molar-refractivity contribution >= 4 is 33.4 Å². The highest BCUT2D eigenvalue weighted by Crippen LogP contribution is 2.35. The molecule has 0 heterocycles. The topological polar surface area (TPSA) is 69.2 Å². The first-order valence-corrected chi connectivity index (χ1v) is 7.55. The van der Waals surface area contributed by atoms with E-state index in [1.807, 2.05) is 25.1 Å². The summed E-state index contributed by atoms with van der Waals surface area (Å²) in [5, 5.41) is 10.6. The quantitative estimate of drug-likeness (QED) is 0.648. The second-order valence-electron chi connectivity index (χ2n) is 4.32. The van der Waals surface area contributed by atoms with E-state index in [0.29, 0.717) is 0 Å². The van der Waals surface area contributed by atoms with Gasteiger partial charge in [-0.1, -0.05) is 27.7 Å². The van der Waals surface area contributed by atoms with Gasteiger partial charge < -0.3 is 5.73 Å². The molecule has 20 heavy (non-hydrogen) atoms. The first kappa shape index (κ1) is 15.0. The lowest BCUT2D eigenvalue weighted by Crippen LogP contribution is -2.06. The second-order valence-corrected chi connectivity index (χ2v) is 6.35. The molecule has 0 fully saturated rings. The monoisotopic (exact) mass is 352 g/mol. The molecule has 1 unspecified atom stereocenters. The molecule has 0 aliphatic heterocycles. The fourth-order valence-corrected chi connectivity index (χ4v) is 3.13. The van der Waals surface area contributed by atoms with Gasteiger partial charge in [-0.15, -0.1) is 0 Å². The smallest absolute Gasteiger partial charge is 0.269 e. The molecule has 0 aliphatic rings. The molecular formula is C14H13BrN2O2S. The summed E-state index contributed by atoms with van der Waals surface area (Å²) in [5.41, 5.74) is 7.12. The van der Waals surface area contributed by atoms with Gasteiger partial charge in [-0.3, -0.25) is 10.1 Å². The number of nitrogens with zero attached hydrogens (tertiary/aromatic N) is 1. The predicted octanol–water partition coefficient (Wildman–Crippen LogP) is 4.53. The Balaban J connectivity index is 2.27. The summed E-state index contributed by atoms with van der Waals surface area (Å²) in [6, 6.07) is 12.4. The SMILES string of the molecule is CC(N)c1cc(Br)ccc1Sc1ccc([N+](=O)[O-])cc1. The molecule has 6 heteroatoms. The van der Waals surface area contributed by atoms with Crippen LogP contribution in [0.4, 0.5) is 5.69 Å². The normalized spacial score (nSPS) is 12.2. The third-order valence-electron chi connectivity index (χ3n) is 2.74. The summed E-state index contributed by atoms with van der Waals surface area (Å²) < 4.78 is 0.984. The molecular weight excluding hydrogens is 340 g/mol.